The minimum atomic E-state index is -0.278. The van der Waals surface area contributed by atoms with Gasteiger partial charge in [0.15, 0.2) is 0 Å². The van der Waals surface area contributed by atoms with Crippen LogP contribution in [0.2, 0.25) is 0 Å². The van der Waals surface area contributed by atoms with E-state index in [-0.39, 0.29) is 11.7 Å². The monoisotopic (exact) mass is 269 g/mol. The summed E-state index contributed by atoms with van der Waals surface area (Å²) in [4.78, 5) is 11.8. The van der Waals surface area contributed by atoms with Gasteiger partial charge in [-0.15, -0.1) is 0 Å². The number of nitrogens with one attached hydrogen (secondary N) is 1. The summed E-state index contributed by atoms with van der Waals surface area (Å²) in [6, 6.07) is 0. The Bertz CT molecular complexity index is 317. The quantitative estimate of drug-likeness (QED) is 0.610. The van der Waals surface area contributed by atoms with E-state index in [9.17, 15) is 4.79 Å². The highest BCUT2D eigenvalue weighted by Crippen LogP contribution is 2.60. The largest absolute Gasteiger partial charge is 0.442 e. The van der Waals surface area contributed by atoms with Crippen molar-refractivity contribution in [3.8, 4) is 0 Å². The van der Waals surface area contributed by atoms with E-state index < -0.39 is 0 Å². The second-order valence-corrected chi connectivity index (χ2v) is 6.65. The molecule has 0 unspecified atom stereocenters. The summed E-state index contributed by atoms with van der Waals surface area (Å²) in [5.74, 6) is 3.36. The van der Waals surface area contributed by atoms with Crippen molar-refractivity contribution in [3.05, 3.63) is 0 Å². The molecule has 3 nitrogen and oxygen atoms in total. The van der Waals surface area contributed by atoms with Crippen LogP contribution >= 0.6 is 12.6 Å². The fourth-order valence-corrected chi connectivity index (χ4v) is 5.20. The fourth-order valence-electron chi connectivity index (χ4n) is 5.07. The lowest BCUT2D eigenvalue weighted by molar-refractivity contribution is -0.174. The van der Waals surface area contributed by atoms with Crippen LogP contribution in [0.25, 0.3) is 0 Å². The first-order valence-electron chi connectivity index (χ1n) is 7.25. The van der Waals surface area contributed by atoms with Crippen LogP contribution in [0.3, 0.4) is 0 Å². The van der Waals surface area contributed by atoms with Gasteiger partial charge in [-0.3, -0.25) is 0 Å². The Morgan fingerprint density at radius 2 is 1.78 bits per heavy atom. The van der Waals surface area contributed by atoms with E-state index in [1.54, 1.807) is 0 Å². The van der Waals surface area contributed by atoms with Gasteiger partial charge in [0.05, 0.1) is 5.88 Å². The number of amides is 1. The highest BCUT2D eigenvalue weighted by atomic mass is 32.1. The molecule has 0 atom stereocenters. The van der Waals surface area contributed by atoms with Crippen LogP contribution in [0.15, 0.2) is 0 Å². The molecular formula is C14H23NO2S. The van der Waals surface area contributed by atoms with Gasteiger partial charge >= 0.3 is 6.09 Å². The Morgan fingerprint density at radius 3 is 2.22 bits per heavy atom. The summed E-state index contributed by atoms with van der Waals surface area (Å²) >= 11 is 4.03. The normalized spacial score (nSPS) is 45.0. The Morgan fingerprint density at radius 1 is 1.22 bits per heavy atom. The third-order valence-electron chi connectivity index (χ3n) is 5.58. The summed E-state index contributed by atoms with van der Waals surface area (Å²) in [5.41, 5.74) is -0.180. The van der Waals surface area contributed by atoms with Crippen LogP contribution in [0.1, 0.15) is 45.4 Å². The summed E-state index contributed by atoms with van der Waals surface area (Å²) < 4.78 is 5.91. The van der Waals surface area contributed by atoms with Gasteiger partial charge in [0, 0.05) is 0 Å². The summed E-state index contributed by atoms with van der Waals surface area (Å²) in [6.07, 6.45) is 7.20. The van der Waals surface area contributed by atoms with Crippen LogP contribution in [0.5, 0.6) is 0 Å². The van der Waals surface area contributed by atoms with Gasteiger partial charge in [-0.05, 0) is 62.2 Å². The van der Waals surface area contributed by atoms with Gasteiger partial charge in [0.25, 0.3) is 0 Å². The Kier molecular flexibility index (Phi) is 3.25. The summed E-state index contributed by atoms with van der Waals surface area (Å²) in [7, 11) is 0. The predicted molar refractivity (Wildman–Crippen MR) is 73.5 cm³/mol. The van der Waals surface area contributed by atoms with Gasteiger partial charge in [-0.2, -0.15) is 12.6 Å². The molecule has 0 aromatic rings. The van der Waals surface area contributed by atoms with E-state index in [4.69, 9.17) is 4.74 Å². The molecular weight excluding hydrogens is 246 g/mol. The number of carbonyl (C=O) groups excluding carboxylic acids is 1. The van der Waals surface area contributed by atoms with Crippen molar-refractivity contribution in [1.82, 2.24) is 5.32 Å². The molecule has 0 radical (unpaired) electrons. The molecule has 0 spiro atoms. The smallest absolute Gasteiger partial charge is 0.408 e. The van der Waals surface area contributed by atoms with E-state index >= 15 is 0 Å². The lowest BCUT2D eigenvalue weighted by Crippen LogP contribution is -2.60. The predicted octanol–water partition coefficient (Wildman–Crippen LogP) is 3.20. The van der Waals surface area contributed by atoms with Crippen LogP contribution in [0.4, 0.5) is 4.79 Å². The van der Waals surface area contributed by atoms with Gasteiger partial charge in [0.1, 0.15) is 5.60 Å². The highest BCUT2D eigenvalue weighted by molar-refractivity contribution is 7.80. The van der Waals surface area contributed by atoms with E-state index in [0.717, 1.165) is 18.3 Å². The zero-order chi connectivity index (χ0) is 12.8. The van der Waals surface area contributed by atoms with Gasteiger partial charge in [-0.1, -0.05) is 6.92 Å². The molecule has 4 bridgehead atoms. The highest BCUT2D eigenvalue weighted by Gasteiger charge is 2.58. The lowest BCUT2D eigenvalue weighted by atomic mass is 9.49. The van der Waals surface area contributed by atoms with Crippen molar-refractivity contribution >= 4 is 18.7 Å². The van der Waals surface area contributed by atoms with Gasteiger partial charge < -0.3 is 10.1 Å². The number of rotatable bonds is 3. The zero-order valence-electron chi connectivity index (χ0n) is 11.0. The van der Waals surface area contributed by atoms with Crippen LogP contribution < -0.4 is 5.32 Å². The first-order chi connectivity index (χ1) is 8.68. The van der Waals surface area contributed by atoms with Gasteiger partial charge in [-0.25, -0.2) is 4.79 Å². The van der Waals surface area contributed by atoms with E-state index in [1.807, 2.05) is 0 Å². The minimum Gasteiger partial charge on any atom is -0.442 e. The number of hydrogen-bond donors (Lipinski definition) is 2. The fraction of sp³-hybridized carbons (Fsp3) is 0.929. The summed E-state index contributed by atoms with van der Waals surface area (Å²) in [5, 5.41) is 2.67. The Hall–Kier alpha value is -0.380. The molecule has 18 heavy (non-hydrogen) atoms. The molecule has 102 valence electrons. The Labute approximate surface area is 114 Å². The number of hydrogen-bond acceptors (Lipinski definition) is 3. The molecule has 4 aliphatic carbocycles. The molecule has 1 N–H and O–H groups in total. The summed E-state index contributed by atoms with van der Waals surface area (Å²) in [6.45, 7) is 2.18. The number of thiol groups is 1. The first kappa shape index (κ1) is 12.6. The van der Waals surface area contributed by atoms with Crippen LogP contribution in [0, 0.1) is 23.7 Å². The van der Waals surface area contributed by atoms with Crippen molar-refractivity contribution in [2.24, 2.45) is 23.7 Å². The lowest BCUT2D eigenvalue weighted by Gasteiger charge is -2.60. The Balaban J connectivity index is 1.80. The average Bonchev–Trinajstić information content (AvgIpc) is 2.33. The first-order valence-corrected chi connectivity index (χ1v) is 7.89. The second-order valence-electron chi connectivity index (χ2n) is 6.34. The number of ether oxygens (including phenoxy) is 1. The van der Waals surface area contributed by atoms with Crippen LogP contribution in [-0.4, -0.2) is 17.6 Å². The van der Waals surface area contributed by atoms with E-state index in [2.05, 4.69) is 24.9 Å². The standard InChI is InChI=1S/C14H23NO2S/c1-2-14(17-13(16)15-8-18)11-4-9-3-10(6-11)7-12(14)5-9/h9-12,18H,2-8H2,1H3,(H,15,16). The zero-order valence-corrected chi connectivity index (χ0v) is 11.9. The van der Waals surface area contributed by atoms with Crippen molar-refractivity contribution in [2.75, 3.05) is 5.88 Å². The van der Waals surface area contributed by atoms with Crippen molar-refractivity contribution in [3.63, 3.8) is 0 Å². The number of carbonyl (C=O) groups is 1. The molecule has 4 aliphatic rings. The molecule has 1 amide bonds. The van der Waals surface area contributed by atoms with Crippen molar-refractivity contribution < 1.29 is 9.53 Å². The minimum absolute atomic E-state index is 0.180. The third kappa shape index (κ3) is 1.84. The van der Waals surface area contributed by atoms with Crippen molar-refractivity contribution in [1.29, 1.82) is 0 Å². The van der Waals surface area contributed by atoms with E-state index in [1.165, 1.54) is 32.1 Å². The molecule has 4 saturated carbocycles. The average molecular weight is 269 g/mol. The third-order valence-corrected chi connectivity index (χ3v) is 5.74. The van der Waals surface area contributed by atoms with Gasteiger partial charge in [0.2, 0.25) is 0 Å². The van der Waals surface area contributed by atoms with E-state index in [0.29, 0.717) is 17.7 Å². The second kappa shape index (κ2) is 4.62. The number of alkyl carbamates (subject to hydrolysis) is 1. The molecule has 4 heteroatoms. The molecule has 0 saturated heterocycles. The molecule has 4 fully saturated rings. The molecule has 0 aromatic carbocycles. The molecule has 4 rings (SSSR count). The SMILES string of the molecule is CCC1(OC(=O)NCS)C2CC3CC(C2)CC1C3. The maximum Gasteiger partial charge on any atom is 0.408 e. The molecule has 0 heterocycles. The maximum absolute atomic E-state index is 11.8. The topological polar surface area (TPSA) is 38.3 Å². The molecule has 0 aromatic heterocycles. The van der Waals surface area contributed by atoms with Crippen molar-refractivity contribution in [2.45, 2.75) is 51.0 Å². The van der Waals surface area contributed by atoms with Crippen LogP contribution in [-0.2, 0) is 4.74 Å². The maximum atomic E-state index is 11.8. The molecule has 0 aliphatic heterocycles.